The fourth-order valence-corrected chi connectivity index (χ4v) is 1.43. The van der Waals surface area contributed by atoms with E-state index >= 15 is 0 Å². The van der Waals surface area contributed by atoms with Crippen LogP contribution >= 0.6 is 0 Å². The van der Waals surface area contributed by atoms with Gasteiger partial charge in [0.2, 0.25) is 5.75 Å². The van der Waals surface area contributed by atoms with Crippen molar-refractivity contribution >= 4 is 5.69 Å². The summed E-state index contributed by atoms with van der Waals surface area (Å²) < 4.78 is 5.44. The van der Waals surface area contributed by atoms with Crippen LogP contribution in [0.2, 0.25) is 0 Å². The number of ether oxygens (including phenoxy) is 1. The molecule has 0 aliphatic carbocycles. The Morgan fingerprint density at radius 2 is 2.11 bits per heavy atom. The molecule has 1 N–H and O–H groups in total. The molecule has 0 spiro atoms. The maximum Gasteiger partial charge on any atom is 0.329 e. The van der Waals surface area contributed by atoms with Crippen molar-refractivity contribution in [3.8, 4) is 17.2 Å². The lowest BCUT2D eigenvalue weighted by atomic mass is 10.2. The second-order valence-corrected chi connectivity index (χ2v) is 3.60. The van der Waals surface area contributed by atoms with Gasteiger partial charge >= 0.3 is 5.69 Å². The highest BCUT2D eigenvalue weighted by Crippen LogP contribution is 2.34. The summed E-state index contributed by atoms with van der Waals surface area (Å²) >= 11 is 0. The van der Waals surface area contributed by atoms with Crippen LogP contribution in [0, 0.1) is 17.0 Å². The van der Waals surface area contributed by atoms with Gasteiger partial charge in [0.05, 0.1) is 4.92 Å². The molecule has 6 heteroatoms. The van der Waals surface area contributed by atoms with Gasteiger partial charge in [-0.2, -0.15) is 0 Å². The van der Waals surface area contributed by atoms with Gasteiger partial charge in [-0.1, -0.05) is 6.07 Å². The van der Waals surface area contributed by atoms with Gasteiger partial charge < -0.3 is 9.84 Å². The molecule has 0 saturated carbocycles. The van der Waals surface area contributed by atoms with Crippen molar-refractivity contribution < 1.29 is 14.8 Å². The summed E-state index contributed by atoms with van der Waals surface area (Å²) in [7, 11) is 0. The molecule has 92 valence electrons. The fourth-order valence-electron chi connectivity index (χ4n) is 1.43. The van der Waals surface area contributed by atoms with E-state index in [1.165, 1.54) is 18.3 Å². The lowest BCUT2D eigenvalue weighted by Crippen LogP contribution is -1.95. The summed E-state index contributed by atoms with van der Waals surface area (Å²) in [6.45, 7) is 1.66. The molecule has 0 atom stereocenters. The normalized spacial score (nSPS) is 10.1. The van der Waals surface area contributed by atoms with Crippen LogP contribution in [0.3, 0.4) is 0 Å². The van der Waals surface area contributed by atoms with E-state index in [-0.39, 0.29) is 17.2 Å². The van der Waals surface area contributed by atoms with Gasteiger partial charge in [0.1, 0.15) is 17.7 Å². The van der Waals surface area contributed by atoms with Gasteiger partial charge in [0.25, 0.3) is 0 Å². The topological polar surface area (TPSA) is 85.5 Å². The molecule has 1 aromatic heterocycles. The minimum Gasteiger partial charge on any atom is -0.508 e. The number of nitro groups is 1. The second-order valence-electron chi connectivity index (χ2n) is 3.60. The van der Waals surface area contributed by atoms with Crippen LogP contribution in [0.25, 0.3) is 0 Å². The number of benzene rings is 1. The Labute approximate surface area is 103 Å². The predicted molar refractivity (Wildman–Crippen MR) is 63.8 cm³/mol. The number of hydrogen-bond acceptors (Lipinski definition) is 5. The minimum atomic E-state index is -0.569. The SMILES string of the molecule is Cc1c(O)cccc1Oc1ccncc1[N+](=O)[O-]. The molecule has 0 radical (unpaired) electrons. The van der Waals surface area contributed by atoms with Crippen molar-refractivity contribution in [3.63, 3.8) is 0 Å². The predicted octanol–water partition coefficient (Wildman–Crippen LogP) is 2.80. The largest absolute Gasteiger partial charge is 0.508 e. The molecule has 0 fully saturated rings. The Balaban J connectivity index is 2.40. The first-order valence-corrected chi connectivity index (χ1v) is 5.14. The van der Waals surface area contributed by atoms with Crippen LogP contribution in [0.4, 0.5) is 5.69 Å². The molecule has 0 bridgehead atoms. The minimum absolute atomic E-state index is 0.0733. The van der Waals surface area contributed by atoms with E-state index in [9.17, 15) is 15.2 Å². The molecular weight excluding hydrogens is 236 g/mol. The van der Waals surface area contributed by atoms with Gasteiger partial charge in [0, 0.05) is 17.8 Å². The molecule has 0 aliphatic rings. The Hall–Kier alpha value is -2.63. The Kier molecular flexibility index (Phi) is 3.09. The fraction of sp³-hybridized carbons (Fsp3) is 0.0833. The number of phenols is 1. The molecule has 1 heterocycles. The molecular formula is C12H10N2O4. The van der Waals surface area contributed by atoms with Gasteiger partial charge in [0.15, 0.2) is 0 Å². The van der Waals surface area contributed by atoms with E-state index in [0.29, 0.717) is 11.3 Å². The molecule has 18 heavy (non-hydrogen) atoms. The van der Waals surface area contributed by atoms with Gasteiger partial charge in [-0.15, -0.1) is 0 Å². The maximum absolute atomic E-state index is 10.8. The molecule has 1 aromatic carbocycles. The zero-order valence-electron chi connectivity index (χ0n) is 9.53. The summed E-state index contributed by atoms with van der Waals surface area (Å²) in [6.07, 6.45) is 2.52. The highest BCUT2D eigenvalue weighted by atomic mass is 16.6. The van der Waals surface area contributed by atoms with Crippen molar-refractivity contribution in [1.29, 1.82) is 0 Å². The quantitative estimate of drug-likeness (QED) is 0.664. The molecule has 6 nitrogen and oxygen atoms in total. The lowest BCUT2D eigenvalue weighted by molar-refractivity contribution is -0.386. The number of aromatic hydroxyl groups is 1. The second kappa shape index (κ2) is 4.70. The monoisotopic (exact) mass is 246 g/mol. The summed E-state index contributed by atoms with van der Waals surface area (Å²) in [4.78, 5) is 13.9. The maximum atomic E-state index is 10.8. The van der Waals surface area contributed by atoms with Gasteiger partial charge in [-0.25, -0.2) is 0 Å². The number of phenolic OH excluding ortho intramolecular Hbond substituents is 1. The summed E-state index contributed by atoms with van der Waals surface area (Å²) in [5.74, 6) is 0.525. The first-order valence-electron chi connectivity index (χ1n) is 5.14. The summed E-state index contributed by atoms with van der Waals surface area (Å²) in [5.41, 5.74) is 0.295. The number of rotatable bonds is 3. The third-order valence-corrected chi connectivity index (χ3v) is 2.43. The van der Waals surface area contributed by atoms with Crippen LogP contribution < -0.4 is 4.74 Å². The first kappa shape index (κ1) is 11.8. The summed E-state index contributed by atoms with van der Waals surface area (Å²) in [5, 5.41) is 20.3. The highest BCUT2D eigenvalue weighted by Gasteiger charge is 2.16. The molecule has 2 aromatic rings. The van der Waals surface area contributed by atoms with E-state index in [1.54, 1.807) is 19.1 Å². The van der Waals surface area contributed by atoms with E-state index in [0.717, 1.165) is 6.20 Å². The average Bonchev–Trinajstić information content (AvgIpc) is 2.35. The van der Waals surface area contributed by atoms with Crippen molar-refractivity contribution in [1.82, 2.24) is 4.98 Å². The first-order chi connectivity index (χ1) is 8.59. The van der Waals surface area contributed by atoms with Crippen LogP contribution in [0.1, 0.15) is 5.56 Å². The van der Waals surface area contributed by atoms with E-state index in [4.69, 9.17) is 4.74 Å². The van der Waals surface area contributed by atoms with E-state index in [2.05, 4.69) is 4.98 Å². The molecule has 0 amide bonds. The van der Waals surface area contributed by atoms with Crippen molar-refractivity contribution in [2.24, 2.45) is 0 Å². The third kappa shape index (κ3) is 2.22. The van der Waals surface area contributed by atoms with Crippen LogP contribution in [-0.2, 0) is 0 Å². The van der Waals surface area contributed by atoms with Crippen LogP contribution in [-0.4, -0.2) is 15.0 Å². The van der Waals surface area contributed by atoms with Crippen molar-refractivity contribution in [2.75, 3.05) is 0 Å². The molecule has 0 aliphatic heterocycles. The van der Waals surface area contributed by atoms with Crippen LogP contribution in [0.15, 0.2) is 36.7 Å². The number of pyridine rings is 1. The van der Waals surface area contributed by atoms with Crippen molar-refractivity contribution in [3.05, 3.63) is 52.3 Å². The zero-order chi connectivity index (χ0) is 13.1. The average molecular weight is 246 g/mol. The van der Waals surface area contributed by atoms with E-state index < -0.39 is 4.92 Å². The van der Waals surface area contributed by atoms with Gasteiger partial charge in [-0.05, 0) is 19.1 Å². The number of hydrogen-bond donors (Lipinski definition) is 1. The molecule has 2 rings (SSSR count). The zero-order valence-corrected chi connectivity index (χ0v) is 9.53. The number of nitrogens with zero attached hydrogens (tertiary/aromatic N) is 2. The molecule has 0 unspecified atom stereocenters. The molecule has 0 saturated heterocycles. The van der Waals surface area contributed by atoms with Crippen molar-refractivity contribution in [2.45, 2.75) is 6.92 Å². The third-order valence-electron chi connectivity index (χ3n) is 2.43. The van der Waals surface area contributed by atoms with E-state index in [1.807, 2.05) is 0 Å². The highest BCUT2D eigenvalue weighted by molar-refractivity contribution is 5.49. The Bertz CT molecular complexity index is 598. The standard InChI is InChI=1S/C12H10N2O4/c1-8-10(15)3-2-4-11(8)18-12-5-6-13-7-9(12)14(16)17/h2-7,15H,1H3. The number of aromatic nitrogens is 1. The Morgan fingerprint density at radius 3 is 2.83 bits per heavy atom. The lowest BCUT2D eigenvalue weighted by Gasteiger charge is -2.09. The smallest absolute Gasteiger partial charge is 0.329 e. The Morgan fingerprint density at radius 1 is 1.33 bits per heavy atom. The van der Waals surface area contributed by atoms with Crippen LogP contribution in [0.5, 0.6) is 17.2 Å². The summed E-state index contributed by atoms with van der Waals surface area (Å²) in [6, 6.07) is 6.15. The van der Waals surface area contributed by atoms with Gasteiger partial charge in [-0.3, -0.25) is 15.1 Å².